The Morgan fingerprint density at radius 1 is 1.33 bits per heavy atom. The van der Waals surface area contributed by atoms with Crippen LogP contribution < -0.4 is 5.32 Å². The lowest BCUT2D eigenvalue weighted by Gasteiger charge is -2.45. The van der Waals surface area contributed by atoms with Crippen LogP contribution in [0.2, 0.25) is 0 Å². The van der Waals surface area contributed by atoms with Gasteiger partial charge in [-0.25, -0.2) is 0 Å². The standard InChI is InChI=1S/C10H19NO/c1-10(12)6-7-11-9-5-3-2-4-8(9)10/h8-9,11-12H,2-7H2,1H3. The van der Waals surface area contributed by atoms with Gasteiger partial charge in [0.1, 0.15) is 0 Å². The van der Waals surface area contributed by atoms with Gasteiger partial charge in [0, 0.05) is 12.0 Å². The Morgan fingerprint density at radius 2 is 2.08 bits per heavy atom. The molecule has 2 N–H and O–H groups in total. The lowest BCUT2D eigenvalue weighted by Crippen LogP contribution is -2.55. The van der Waals surface area contributed by atoms with Gasteiger partial charge in [-0.2, -0.15) is 0 Å². The van der Waals surface area contributed by atoms with Crippen LogP contribution in [-0.4, -0.2) is 23.3 Å². The number of hydrogen-bond acceptors (Lipinski definition) is 2. The van der Waals surface area contributed by atoms with E-state index in [1.807, 2.05) is 6.92 Å². The summed E-state index contributed by atoms with van der Waals surface area (Å²) in [5, 5.41) is 13.6. The van der Waals surface area contributed by atoms with Crippen LogP contribution in [-0.2, 0) is 0 Å². The molecule has 12 heavy (non-hydrogen) atoms. The Kier molecular flexibility index (Phi) is 2.13. The Balaban J connectivity index is 2.09. The fraction of sp³-hybridized carbons (Fsp3) is 1.00. The molecule has 0 radical (unpaired) electrons. The summed E-state index contributed by atoms with van der Waals surface area (Å²) in [7, 11) is 0. The SMILES string of the molecule is CC1(O)CCNC2CCCCC21. The molecule has 0 aromatic rings. The largest absolute Gasteiger partial charge is 0.390 e. The molecule has 0 spiro atoms. The number of rotatable bonds is 0. The quantitative estimate of drug-likeness (QED) is 0.572. The average molecular weight is 169 g/mol. The molecule has 2 fully saturated rings. The minimum atomic E-state index is -0.393. The van der Waals surface area contributed by atoms with Gasteiger partial charge in [-0.15, -0.1) is 0 Å². The molecule has 0 bridgehead atoms. The zero-order valence-corrected chi connectivity index (χ0v) is 7.84. The van der Waals surface area contributed by atoms with Gasteiger partial charge in [0.25, 0.3) is 0 Å². The summed E-state index contributed by atoms with van der Waals surface area (Å²) in [5.74, 6) is 0.514. The Bertz CT molecular complexity index is 165. The number of fused-ring (bicyclic) bond motifs is 1. The van der Waals surface area contributed by atoms with Crippen LogP contribution in [0.25, 0.3) is 0 Å². The molecule has 1 heterocycles. The summed E-state index contributed by atoms with van der Waals surface area (Å²) >= 11 is 0. The first-order valence-corrected chi connectivity index (χ1v) is 5.16. The van der Waals surface area contributed by atoms with Gasteiger partial charge in [0.15, 0.2) is 0 Å². The first-order chi connectivity index (χ1) is 5.70. The second-order valence-corrected chi connectivity index (χ2v) is 4.56. The van der Waals surface area contributed by atoms with Gasteiger partial charge in [0.05, 0.1) is 5.60 Å². The molecule has 1 aliphatic carbocycles. The summed E-state index contributed by atoms with van der Waals surface area (Å²) in [6, 6.07) is 0.600. The number of aliphatic hydroxyl groups is 1. The monoisotopic (exact) mass is 169 g/mol. The van der Waals surface area contributed by atoms with E-state index in [1.165, 1.54) is 25.7 Å². The average Bonchev–Trinajstić information content (AvgIpc) is 2.04. The zero-order valence-electron chi connectivity index (χ0n) is 7.84. The van der Waals surface area contributed by atoms with Crippen molar-refractivity contribution in [2.45, 2.75) is 50.7 Å². The molecular formula is C10H19NO. The number of hydrogen-bond donors (Lipinski definition) is 2. The molecule has 1 saturated heterocycles. The van der Waals surface area contributed by atoms with Crippen molar-refractivity contribution >= 4 is 0 Å². The topological polar surface area (TPSA) is 32.3 Å². The second-order valence-electron chi connectivity index (χ2n) is 4.56. The number of piperidine rings is 1. The van der Waals surface area contributed by atoms with Crippen molar-refractivity contribution in [1.82, 2.24) is 5.32 Å². The van der Waals surface area contributed by atoms with E-state index in [-0.39, 0.29) is 0 Å². The summed E-state index contributed by atoms with van der Waals surface area (Å²) in [6.07, 6.45) is 6.04. The van der Waals surface area contributed by atoms with Crippen LogP contribution in [0.4, 0.5) is 0 Å². The minimum absolute atomic E-state index is 0.393. The highest BCUT2D eigenvalue weighted by Gasteiger charge is 2.41. The van der Waals surface area contributed by atoms with Crippen LogP contribution in [0.15, 0.2) is 0 Å². The maximum absolute atomic E-state index is 10.1. The van der Waals surface area contributed by atoms with E-state index >= 15 is 0 Å². The third-order valence-corrected chi connectivity index (χ3v) is 3.60. The van der Waals surface area contributed by atoms with E-state index in [2.05, 4.69) is 5.32 Å². The van der Waals surface area contributed by atoms with Gasteiger partial charge in [-0.1, -0.05) is 12.8 Å². The van der Waals surface area contributed by atoms with Crippen molar-refractivity contribution in [1.29, 1.82) is 0 Å². The molecule has 2 nitrogen and oxygen atoms in total. The molecule has 1 saturated carbocycles. The van der Waals surface area contributed by atoms with Crippen molar-refractivity contribution < 1.29 is 5.11 Å². The van der Waals surface area contributed by atoms with Gasteiger partial charge < -0.3 is 10.4 Å². The van der Waals surface area contributed by atoms with E-state index in [0.717, 1.165) is 13.0 Å². The van der Waals surface area contributed by atoms with E-state index in [4.69, 9.17) is 0 Å². The zero-order chi connectivity index (χ0) is 8.60. The molecule has 2 rings (SSSR count). The molecule has 0 aromatic heterocycles. The molecule has 2 aliphatic rings. The van der Waals surface area contributed by atoms with Crippen LogP contribution in [0.1, 0.15) is 39.0 Å². The Labute approximate surface area is 74.4 Å². The predicted octanol–water partition coefficient (Wildman–Crippen LogP) is 1.29. The molecule has 1 aliphatic heterocycles. The maximum atomic E-state index is 10.1. The third-order valence-electron chi connectivity index (χ3n) is 3.60. The lowest BCUT2D eigenvalue weighted by molar-refractivity contribution is -0.0570. The van der Waals surface area contributed by atoms with Crippen LogP contribution >= 0.6 is 0 Å². The van der Waals surface area contributed by atoms with Crippen molar-refractivity contribution in [3.63, 3.8) is 0 Å². The molecule has 0 aromatic carbocycles. The first kappa shape index (κ1) is 8.52. The predicted molar refractivity (Wildman–Crippen MR) is 49.0 cm³/mol. The second kappa shape index (κ2) is 3.00. The highest BCUT2D eigenvalue weighted by atomic mass is 16.3. The smallest absolute Gasteiger partial charge is 0.0674 e. The maximum Gasteiger partial charge on any atom is 0.0674 e. The summed E-state index contributed by atoms with van der Waals surface area (Å²) < 4.78 is 0. The Morgan fingerprint density at radius 3 is 2.83 bits per heavy atom. The van der Waals surface area contributed by atoms with Crippen molar-refractivity contribution in [2.75, 3.05) is 6.54 Å². The molecule has 3 atom stereocenters. The lowest BCUT2D eigenvalue weighted by atomic mass is 9.71. The fourth-order valence-electron chi connectivity index (χ4n) is 2.82. The first-order valence-electron chi connectivity index (χ1n) is 5.16. The van der Waals surface area contributed by atoms with Gasteiger partial charge in [0.2, 0.25) is 0 Å². The fourth-order valence-corrected chi connectivity index (χ4v) is 2.82. The van der Waals surface area contributed by atoms with E-state index in [1.54, 1.807) is 0 Å². The Hall–Kier alpha value is -0.0800. The normalized spacial score (nSPS) is 48.5. The van der Waals surface area contributed by atoms with Gasteiger partial charge >= 0.3 is 0 Å². The molecular weight excluding hydrogens is 150 g/mol. The molecule has 3 unspecified atom stereocenters. The van der Waals surface area contributed by atoms with Crippen molar-refractivity contribution in [3.05, 3.63) is 0 Å². The van der Waals surface area contributed by atoms with Crippen LogP contribution in [0, 0.1) is 5.92 Å². The van der Waals surface area contributed by atoms with E-state index in [0.29, 0.717) is 12.0 Å². The molecule has 2 heteroatoms. The van der Waals surface area contributed by atoms with E-state index in [9.17, 15) is 5.11 Å². The number of nitrogens with one attached hydrogen (secondary N) is 1. The van der Waals surface area contributed by atoms with E-state index < -0.39 is 5.60 Å². The third kappa shape index (κ3) is 1.38. The van der Waals surface area contributed by atoms with Gasteiger partial charge in [-0.05, 0) is 32.7 Å². The van der Waals surface area contributed by atoms with Crippen LogP contribution in [0.5, 0.6) is 0 Å². The summed E-state index contributed by atoms with van der Waals surface area (Å²) in [5.41, 5.74) is -0.393. The minimum Gasteiger partial charge on any atom is -0.390 e. The van der Waals surface area contributed by atoms with Crippen molar-refractivity contribution in [3.8, 4) is 0 Å². The highest BCUT2D eigenvalue weighted by Crippen LogP contribution is 2.37. The molecule has 0 amide bonds. The van der Waals surface area contributed by atoms with Gasteiger partial charge in [-0.3, -0.25) is 0 Å². The van der Waals surface area contributed by atoms with Crippen molar-refractivity contribution in [2.24, 2.45) is 5.92 Å². The highest BCUT2D eigenvalue weighted by molar-refractivity contribution is 4.96. The molecule has 70 valence electrons. The van der Waals surface area contributed by atoms with Crippen LogP contribution in [0.3, 0.4) is 0 Å². The summed E-state index contributed by atoms with van der Waals surface area (Å²) in [6.45, 7) is 3.00. The summed E-state index contributed by atoms with van der Waals surface area (Å²) in [4.78, 5) is 0.